The lowest BCUT2D eigenvalue weighted by molar-refractivity contribution is -0.170. The molecule has 2 fully saturated rings. The van der Waals surface area contributed by atoms with Crippen LogP contribution in [-0.2, 0) is 28.7 Å². The number of hydrogen-bond donors (Lipinski definition) is 0. The van der Waals surface area contributed by atoms with Crippen molar-refractivity contribution in [3.8, 4) is 0 Å². The van der Waals surface area contributed by atoms with Crippen LogP contribution in [0.1, 0.15) is 85.5 Å². The zero-order valence-electron chi connectivity index (χ0n) is 18.4. The van der Waals surface area contributed by atoms with Crippen molar-refractivity contribution in [3.05, 3.63) is 0 Å². The predicted molar refractivity (Wildman–Crippen MR) is 108 cm³/mol. The summed E-state index contributed by atoms with van der Waals surface area (Å²) in [5.41, 5.74) is 0. The number of ether oxygens (including phenoxy) is 2. The molecular formula is C22H37NO6. The Morgan fingerprint density at radius 2 is 1.66 bits per heavy atom. The van der Waals surface area contributed by atoms with E-state index in [1.807, 2.05) is 0 Å². The molecule has 0 aromatic rings. The van der Waals surface area contributed by atoms with Gasteiger partial charge in [-0.05, 0) is 38.0 Å². The summed E-state index contributed by atoms with van der Waals surface area (Å²) < 4.78 is 9.56. The second-order valence-corrected chi connectivity index (χ2v) is 8.03. The molecule has 0 bridgehead atoms. The van der Waals surface area contributed by atoms with E-state index >= 15 is 0 Å². The molecule has 1 aliphatic carbocycles. The van der Waals surface area contributed by atoms with Crippen LogP contribution in [0, 0.1) is 17.8 Å². The van der Waals surface area contributed by atoms with E-state index in [1.54, 1.807) is 0 Å². The van der Waals surface area contributed by atoms with Crippen LogP contribution in [0.3, 0.4) is 0 Å². The van der Waals surface area contributed by atoms with Crippen LogP contribution in [0.2, 0.25) is 0 Å². The molecule has 2 amide bonds. The maximum absolute atomic E-state index is 12.4. The molecular weight excluding hydrogens is 374 g/mol. The Kier molecular flexibility index (Phi) is 11.5. The van der Waals surface area contributed by atoms with Crippen molar-refractivity contribution in [3.63, 3.8) is 0 Å². The van der Waals surface area contributed by atoms with E-state index in [9.17, 15) is 19.2 Å². The molecule has 2 rings (SSSR count). The van der Waals surface area contributed by atoms with Crippen LogP contribution < -0.4 is 0 Å². The van der Waals surface area contributed by atoms with Crippen molar-refractivity contribution in [1.82, 2.24) is 4.90 Å². The van der Waals surface area contributed by atoms with Gasteiger partial charge in [-0.25, -0.2) is 0 Å². The Morgan fingerprint density at radius 1 is 1.03 bits per heavy atom. The van der Waals surface area contributed by atoms with E-state index in [0.29, 0.717) is 25.8 Å². The Bertz CT molecular complexity index is 554. The third-order valence-corrected chi connectivity index (χ3v) is 5.33. The van der Waals surface area contributed by atoms with Gasteiger partial charge in [0.2, 0.25) is 18.6 Å². The average Bonchev–Trinajstić information content (AvgIpc) is 2.94. The molecule has 1 saturated carbocycles. The fourth-order valence-corrected chi connectivity index (χ4v) is 3.75. The third-order valence-electron chi connectivity index (χ3n) is 5.33. The number of carbonyl (C=O) groups is 4. The van der Waals surface area contributed by atoms with Gasteiger partial charge in [-0.1, -0.05) is 40.0 Å². The number of imide groups is 1. The molecule has 1 saturated heterocycles. The van der Waals surface area contributed by atoms with E-state index in [0.717, 1.165) is 32.1 Å². The van der Waals surface area contributed by atoms with Crippen LogP contribution in [0.25, 0.3) is 0 Å². The Morgan fingerprint density at radius 3 is 2.21 bits per heavy atom. The number of hydrogen-bond acceptors (Lipinski definition) is 6. The maximum Gasteiger partial charge on any atom is 0.311 e. The van der Waals surface area contributed by atoms with Gasteiger partial charge in [0.1, 0.15) is 0 Å². The van der Waals surface area contributed by atoms with Gasteiger partial charge in [-0.2, -0.15) is 0 Å². The Balaban J connectivity index is 0.00000132. The quantitative estimate of drug-likeness (QED) is 0.342. The Labute approximate surface area is 174 Å². The van der Waals surface area contributed by atoms with E-state index in [4.69, 9.17) is 4.74 Å². The van der Waals surface area contributed by atoms with Gasteiger partial charge < -0.3 is 9.47 Å². The lowest BCUT2D eigenvalue weighted by Gasteiger charge is -2.29. The van der Waals surface area contributed by atoms with Gasteiger partial charge in [0, 0.05) is 25.8 Å². The number of amides is 2. The lowest BCUT2D eigenvalue weighted by atomic mass is 9.82. The summed E-state index contributed by atoms with van der Waals surface area (Å²) >= 11 is 0. The zero-order valence-corrected chi connectivity index (χ0v) is 18.4. The highest BCUT2D eigenvalue weighted by Crippen LogP contribution is 2.32. The predicted octanol–water partition coefficient (Wildman–Crippen LogP) is 3.84. The standard InChI is InChI=1S/C19H29NO6.C3H8/c1-3-4-5-16-10-17(22)20(18(16)23)11-14-6-8-15(9-7-14)19(24)26-12-25-13(2)21;1-3-2/h14-16H,3-12H2,1-2H3;3H2,1-2H3. The van der Waals surface area contributed by atoms with E-state index < -0.39 is 5.97 Å². The molecule has 1 heterocycles. The normalized spacial score (nSPS) is 24.0. The van der Waals surface area contributed by atoms with Crippen LogP contribution in [-0.4, -0.2) is 42.0 Å². The van der Waals surface area contributed by atoms with Crippen molar-refractivity contribution >= 4 is 23.8 Å². The fraction of sp³-hybridized carbons (Fsp3) is 0.818. The molecule has 166 valence electrons. The van der Waals surface area contributed by atoms with Gasteiger partial charge >= 0.3 is 11.9 Å². The summed E-state index contributed by atoms with van der Waals surface area (Å²) in [4.78, 5) is 48.6. The van der Waals surface area contributed by atoms with Gasteiger partial charge in [0.25, 0.3) is 0 Å². The summed E-state index contributed by atoms with van der Waals surface area (Å²) in [5, 5.41) is 0. The summed E-state index contributed by atoms with van der Waals surface area (Å²) in [6.45, 7) is 7.71. The second-order valence-electron chi connectivity index (χ2n) is 8.03. The highest BCUT2D eigenvalue weighted by atomic mass is 16.7. The smallest absolute Gasteiger partial charge is 0.311 e. The first kappa shape index (κ1) is 25.1. The van der Waals surface area contributed by atoms with Gasteiger partial charge in [-0.3, -0.25) is 24.1 Å². The van der Waals surface area contributed by atoms with Gasteiger partial charge in [0.15, 0.2) is 0 Å². The number of nitrogens with zero attached hydrogens (tertiary/aromatic N) is 1. The zero-order chi connectivity index (χ0) is 21.8. The highest BCUT2D eigenvalue weighted by molar-refractivity contribution is 6.03. The van der Waals surface area contributed by atoms with Crippen LogP contribution in [0.5, 0.6) is 0 Å². The molecule has 0 aromatic carbocycles. The van der Waals surface area contributed by atoms with Crippen molar-refractivity contribution < 1.29 is 28.7 Å². The lowest BCUT2D eigenvalue weighted by Crippen LogP contribution is -2.37. The summed E-state index contributed by atoms with van der Waals surface area (Å²) in [5.74, 6) is -1.02. The number of likely N-dealkylation sites (tertiary alicyclic amines) is 1. The first-order valence-corrected chi connectivity index (χ1v) is 11.0. The molecule has 0 aromatic heterocycles. The molecule has 2 aliphatic rings. The van der Waals surface area contributed by atoms with Gasteiger partial charge in [0.05, 0.1) is 5.92 Å². The number of rotatable bonds is 8. The minimum absolute atomic E-state index is 0.0219. The molecule has 1 aliphatic heterocycles. The molecule has 7 heteroatoms. The molecule has 7 nitrogen and oxygen atoms in total. The monoisotopic (exact) mass is 411 g/mol. The van der Waals surface area contributed by atoms with Crippen molar-refractivity contribution in [2.45, 2.75) is 85.5 Å². The summed E-state index contributed by atoms with van der Waals surface area (Å²) in [6.07, 6.45) is 7.27. The summed E-state index contributed by atoms with van der Waals surface area (Å²) in [7, 11) is 0. The fourth-order valence-electron chi connectivity index (χ4n) is 3.75. The van der Waals surface area contributed by atoms with Crippen molar-refractivity contribution in [1.29, 1.82) is 0 Å². The minimum Gasteiger partial charge on any atom is -0.428 e. The van der Waals surface area contributed by atoms with Gasteiger partial charge in [-0.15, -0.1) is 0 Å². The van der Waals surface area contributed by atoms with Crippen LogP contribution >= 0.6 is 0 Å². The number of esters is 2. The molecule has 1 unspecified atom stereocenters. The van der Waals surface area contributed by atoms with Crippen LogP contribution in [0.15, 0.2) is 0 Å². The van der Waals surface area contributed by atoms with Crippen molar-refractivity contribution in [2.24, 2.45) is 17.8 Å². The summed E-state index contributed by atoms with van der Waals surface area (Å²) in [6, 6.07) is 0. The van der Waals surface area contributed by atoms with E-state index in [-0.39, 0.29) is 42.3 Å². The Hall–Kier alpha value is -1.92. The van der Waals surface area contributed by atoms with Crippen molar-refractivity contribution in [2.75, 3.05) is 13.3 Å². The van der Waals surface area contributed by atoms with Crippen LogP contribution in [0.4, 0.5) is 0 Å². The maximum atomic E-state index is 12.4. The number of unbranched alkanes of at least 4 members (excludes halogenated alkanes) is 1. The van der Waals surface area contributed by atoms with E-state index in [1.165, 1.54) is 18.2 Å². The average molecular weight is 412 g/mol. The number of carbonyl (C=O) groups excluding carboxylic acids is 4. The van der Waals surface area contributed by atoms with E-state index in [2.05, 4.69) is 25.5 Å². The molecule has 0 radical (unpaired) electrons. The largest absolute Gasteiger partial charge is 0.428 e. The molecule has 0 spiro atoms. The first-order chi connectivity index (χ1) is 13.8. The highest BCUT2D eigenvalue weighted by Gasteiger charge is 2.39. The second kappa shape index (κ2) is 13.3. The first-order valence-electron chi connectivity index (χ1n) is 11.0. The SMILES string of the molecule is CCC.CCCCC1CC(=O)N(CC2CCC(C(=O)OCOC(C)=O)CC2)C1=O. The molecule has 0 N–H and O–H groups in total. The minimum atomic E-state index is -0.487. The molecule has 1 atom stereocenters. The third kappa shape index (κ3) is 8.54. The molecule has 29 heavy (non-hydrogen) atoms. The topological polar surface area (TPSA) is 90.0 Å².